The van der Waals surface area contributed by atoms with Gasteiger partial charge in [0.05, 0.1) is 6.61 Å². The molecule has 1 N–H and O–H groups in total. The van der Waals surface area contributed by atoms with Crippen molar-refractivity contribution in [3.8, 4) is 0 Å². The van der Waals surface area contributed by atoms with Gasteiger partial charge >= 0.3 is 0 Å². The molecule has 2 nitrogen and oxygen atoms in total. The lowest BCUT2D eigenvalue weighted by Gasteiger charge is -2.23. The Bertz CT molecular complexity index is 148. The lowest BCUT2D eigenvalue weighted by atomic mass is 9.99. The highest BCUT2D eigenvalue weighted by Gasteiger charge is 2.24. The van der Waals surface area contributed by atoms with Gasteiger partial charge in [-0.2, -0.15) is 0 Å². The molecule has 0 aromatic rings. The van der Waals surface area contributed by atoms with E-state index in [1.807, 2.05) is 0 Å². The van der Waals surface area contributed by atoms with Crippen molar-refractivity contribution in [3.05, 3.63) is 0 Å². The maximum Gasteiger partial charge on any atom is 0.0620 e. The second kappa shape index (κ2) is 4.43. The molecule has 0 bridgehead atoms. The predicted molar refractivity (Wildman–Crippen MR) is 53.8 cm³/mol. The zero-order chi connectivity index (χ0) is 9.10. The minimum absolute atomic E-state index is 0.635. The summed E-state index contributed by atoms with van der Waals surface area (Å²) in [6, 6.07) is 1.34. The van der Waals surface area contributed by atoms with Crippen molar-refractivity contribution in [2.75, 3.05) is 13.2 Å². The maximum absolute atomic E-state index is 5.36. The lowest BCUT2D eigenvalue weighted by molar-refractivity contribution is 0.185. The Morgan fingerprint density at radius 2 is 2.00 bits per heavy atom. The van der Waals surface area contributed by atoms with E-state index in [1.54, 1.807) is 0 Å². The quantitative estimate of drug-likeness (QED) is 0.722. The highest BCUT2D eigenvalue weighted by atomic mass is 16.5. The van der Waals surface area contributed by atoms with Gasteiger partial charge in [-0.1, -0.05) is 12.8 Å². The molecule has 1 saturated carbocycles. The Kier molecular flexibility index (Phi) is 3.23. The molecular weight excluding hydrogens is 162 g/mol. The molecule has 76 valence electrons. The van der Waals surface area contributed by atoms with Gasteiger partial charge in [0.1, 0.15) is 0 Å². The summed E-state index contributed by atoms with van der Waals surface area (Å²) < 4.78 is 5.36. The molecular formula is C11H21NO. The third-order valence-corrected chi connectivity index (χ3v) is 3.54. The standard InChI is InChI=1S/C11H21NO/c1-9(10-4-2-3-5-10)12-11-6-7-13-8-11/h9-12H,2-8H2,1H3/t9-,11?/m0/s1. The van der Waals surface area contributed by atoms with E-state index in [0.717, 1.165) is 19.1 Å². The third kappa shape index (κ3) is 2.44. The summed E-state index contributed by atoms with van der Waals surface area (Å²) in [5, 5.41) is 3.70. The van der Waals surface area contributed by atoms with Gasteiger partial charge < -0.3 is 10.1 Å². The molecule has 0 aromatic carbocycles. The van der Waals surface area contributed by atoms with Gasteiger partial charge in [0.15, 0.2) is 0 Å². The molecule has 2 aliphatic rings. The SMILES string of the molecule is C[C@H](NC1CCOC1)C1CCCC1. The zero-order valence-corrected chi connectivity index (χ0v) is 8.59. The fourth-order valence-corrected chi connectivity index (χ4v) is 2.63. The van der Waals surface area contributed by atoms with Crippen LogP contribution in [0.4, 0.5) is 0 Å². The van der Waals surface area contributed by atoms with Gasteiger partial charge in [-0.25, -0.2) is 0 Å². The second-order valence-electron chi connectivity index (χ2n) is 4.56. The first-order chi connectivity index (χ1) is 6.36. The average molecular weight is 183 g/mol. The first-order valence-corrected chi connectivity index (χ1v) is 5.70. The first-order valence-electron chi connectivity index (χ1n) is 5.70. The van der Waals surface area contributed by atoms with E-state index in [2.05, 4.69) is 12.2 Å². The molecule has 13 heavy (non-hydrogen) atoms. The topological polar surface area (TPSA) is 21.3 Å². The van der Waals surface area contributed by atoms with Crippen LogP contribution in [0.15, 0.2) is 0 Å². The molecule has 2 atom stereocenters. The van der Waals surface area contributed by atoms with Crippen molar-refractivity contribution in [3.63, 3.8) is 0 Å². The highest BCUT2D eigenvalue weighted by Crippen LogP contribution is 2.27. The molecule has 2 fully saturated rings. The summed E-state index contributed by atoms with van der Waals surface area (Å²) in [6.45, 7) is 4.22. The van der Waals surface area contributed by atoms with Crippen molar-refractivity contribution in [1.82, 2.24) is 5.32 Å². The summed E-state index contributed by atoms with van der Waals surface area (Å²) in [5.41, 5.74) is 0. The van der Waals surface area contributed by atoms with E-state index in [4.69, 9.17) is 4.74 Å². The second-order valence-corrected chi connectivity index (χ2v) is 4.56. The smallest absolute Gasteiger partial charge is 0.0620 e. The maximum atomic E-state index is 5.36. The molecule has 0 amide bonds. The molecule has 1 aliphatic carbocycles. The minimum atomic E-state index is 0.635. The van der Waals surface area contributed by atoms with Crippen molar-refractivity contribution >= 4 is 0 Å². The Morgan fingerprint density at radius 1 is 1.23 bits per heavy atom. The average Bonchev–Trinajstić information content (AvgIpc) is 2.74. The Hall–Kier alpha value is -0.0800. The van der Waals surface area contributed by atoms with E-state index in [0.29, 0.717) is 12.1 Å². The van der Waals surface area contributed by atoms with Crippen LogP contribution in [0.25, 0.3) is 0 Å². The summed E-state index contributed by atoms with van der Waals surface area (Å²) in [5.74, 6) is 0.931. The van der Waals surface area contributed by atoms with Gasteiger partial charge in [-0.15, -0.1) is 0 Å². The Balaban J connectivity index is 1.73. The fourth-order valence-electron chi connectivity index (χ4n) is 2.63. The number of ether oxygens (including phenoxy) is 1. The largest absolute Gasteiger partial charge is 0.380 e. The molecule has 0 radical (unpaired) electrons. The molecule has 2 rings (SSSR count). The summed E-state index contributed by atoms with van der Waals surface area (Å²) >= 11 is 0. The lowest BCUT2D eigenvalue weighted by Crippen LogP contribution is -2.40. The van der Waals surface area contributed by atoms with Gasteiger partial charge in [0, 0.05) is 18.7 Å². The number of hydrogen-bond donors (Lipinski definition) is 1. The third-order valence-electron chi connectivity index (χ3n) is 3.54. The van der Waals surface area contributed by atoms with Crippen molar-refractivity contribution in [1.29, 1.82) is 0 Å². The van der Waals surface area contributed by atoms with E-state index < -0.39 is 0 Å². The monoisotopic (exact) mass is 183 g/mol. The van der Waals surface area contributed by atoms with Gasteiger partial charge in [0.25, 0.3) is 0 Å². The first kappa shape index (κ1) is 9.47. The predicted octanol–water partition coefficient (Wildman–Crippen LogP) is 1.94. The highest BCUT2D eigenvalue weighted by molar-refractivity contribution is 4.81. The Morgan fingerprint density at radius 3 is 2.62 bits per heavy atom. The minimum Gasteiger partial charge on any atom is -0.380 e. The van der Waals surface area contributed by atoms with Crippen LogP contribution in [-0.4, -0.2) is 25.3 Å². The van der Waals surface area contributed by atoms with E-state index in [1.165, 1.54) is 32.1 Å². The van der Waals surface area contributed by atoms with Crippen LogP contribution in [-0.2, 0) is 4.74 Å². The summed E-state index contributed by atoms with van der Waals surface area (Å²) in [6.07, 6.45) is 6.95. The summed E-state index contributed by atoms with van der Waals surface area (Å²) in [4.78, 5) is 0. The normalized spacial score (nSPS) is 32.5. The van der Waals surface area contributed by atoms with E-state index >= 15 is 0 Å². The van der Waals surface area contributed by atoms with Crippen LogP contribution in [0.5, 0.6) is 0 Å². The van der Waals surface area contributed by atoms with Crippen molar-refractivity contribution < 1.29 is 4.74 Å². The van der Waals surface area contributed by atoms with E-state index in [9.17, 15) is 0 Å². The van der Waals surface area contributed by atoms with Gasteiger partial charge in [-0.3, -0.25) is 0 Å². The molecule has 0 aromatic heterocycles. The van der Waals surface area contributed by atoms with Crippen LogP contribution >= 0.6 is 0 Å². The molecule has 1 heterocycles. The van der Waals surface area contributed by atoms with Crippen LogP contribution in [0, 0.1) is 5.92 Å². The van der Waals surface area contributed by atoms with E-state index in [-0.39, 0.29) is 0 Å². The van der Waals surface area contributed by atoms with Crippen LogP contribution in [0.1, 0.15) is 39.0 Å². The van der Waals surface area contributed by atoms with Gasteiger partial charge in [0.2, 0.25) is 0 Å². The fraction of sp³-hybridized carbons (Fsp3) is 1.00. The van der Waals surface area contributed by atoms with Crippen molar-refractivity contribution in [2.45, 2.75) is 51.1 Å². The Labute approximate surface area is 81.0 Å². The zero-order valence-electron chi connectivity index (χ0n) is 8.59. The molecule has 1 unspecified atom stereocenters. The van der Waals surface area contributed by atoms with Gasteiger partial charge in [-0.05, 0) is 32.1 Å². The van der Waals surface area contributed by atoms with Crippen LogP contribution in [0.3, 0.4) is 0 Å². The molecule has 2 heteroatoms. The number of hydrogen-bond acceptors (Lipinski definition) is 2. The molecule has 1 aliphatic heterocycles. The van der Waals surface area contributed by atoms with Crippen molar-refractivity contribution in [2.24, 2.45) is 5.92 Å². The summed E-state index contributed by atoms with van der Waals surface area (Å²) in [7, 11) is 0. The molecule has 1 saturated heterocycles. The van der Waals surface area contributed by atoms with Crippen LogP contribution < -0.4 is 5.32 Å². The number of nitrogens with one attached hydrogen (secondary N) is 1. The number of rotatable bonds is 3. The molecule has 0 spiro atoms. The van der Waals surface area contributed by atoms with Crippen LogP contribution in [0.2, 0.25) is 0 Å².